The molecule has 0 radical (unpaired) electrons. The monoisotopic (exact) mass is 515 g/mol. The van der Waals surface area contributed by atoms with Gasteiger partial charge in [0.2, 0.25) is 15.9 Å². The number of hydrogen-bond acceptors (Lipinski definition) is 6. The van der Waals surface area contributed by atoms with Crippen LogP contribution >= 0.6 is 23.4 Å². The zero-order valence-corrected chi connectivity index (χ0v) is 20.0. The average Bonchev–Trinajstić information content (AvgIpc) is 3.14. The molecule has 13 heteroatoms. The summed E-state index contributed by atoms with van der Waals surface area (Å²) >= 11 is 7.03. The fourth-order valence-corrected chi connectivity index (χ4v) is 4.79. The maximum absolute atomic E-state index is 13.3. The highest BCUT2D eigenvalue weighted by molar-refractivity contribution is 7.99. The number of rotatable bonds is 9. The maximum atomic E-state index is 13.3. The van der Waals surface area contributed by atoms with E-state index in [2.05, 4.69) is 15.5 Å². The van der Waals surface area contributed by atoms with Gasteiger partial charge in [0.25, 0.3) is 0 Å². The third kappa shape index (κ3) is 6.42. The Morgan fingerprint density at radius 1 is 1.15 bits per heavy atom. The first-order chi connectivity index (χ1) is 15.6. The molecule has 0 fully saturated rings. The van der Waals surface area contributed by atoms with E-state index in [-0.39, 0.29) is 34.6 Å². The van der Waals surface area contributed by atoms with Gasteiger partial charge in [-0.15, -0.1) is 10.2 Å². The first kappa shape index (κ1) is 24.9. The lowest BCUT2D eigenvalue weighted by Crippen LogP contribution is -2.30. The molecule has 0 aliphatic carbocycles. The Morgan fingerprint density at radius 3 is 2.42 bits per heavy atom. The molecule has 0 atom stereocenters. The zero-order chi connectivity index (χ0) is 24.2. The smallest absolute Gasteiger partial charge is 0.234 e. The molecule has 1 aromatic heterocycles. The molecule has 1 N–H and O–H groups in total. The largest absolute Gasteiger partial charge is 0.324 e. The summed E-state index contributed by atoms with van der Waals surface area (Å²) in [5.74, 6) is -1.05. The lowest BCUT2D eigenvalue weighted by atomic mass is 10.3. The van der Waals surface area contributed by atoms with E-state index in [1.54, 1.807) is 4.57 Å². The highest BCUT2D eigenvalue weighted by Crippen LogP contribution is 2.25. The van der Waals surface area contributed by atoms with Crippen LogP contribution in [-0.4, -0.2) is 41.1 Å². The minimum Gasteiger partial charge on any atom is -0.324 e. The number of thioether (sulfide) groups is 1. The number of nitrogens with one attached hydrogen (secondary N) is 1. The van der Waals surface area contributed by atoms with Crippen molar-refractivity contribution in [2.24, 2.45) is 0 Å². The third-order valence-electron chi connectivity index (χ3n) is 4.45. The molecule has 0 spiro atoms. The maximum Gasteiger partial charge on any atom is 0.234 e. The molecule has 1 amide bonds. The Bertz CT molecular complexity index is 1250. The van der Waals surface area contributed by atoms with Crippen molar-refractivity contribution in [2.75, 3.05) is 21.6 Å². The Labute approximate surface area is 199 Å². The van der Waals surface area contributed by atoms with Crippen LogP contribution in [-0.2, 0) is 27.9 Å². The Hall–Kier alpha value is -2.70. The average molecular weight is 516 g/mol. The van der Waals surface area contributed by atoms with Crippen LogP contribution in [0.3, 0.4) is 0 Å². The number of anilines is 2. The quantitative estimate of drug-likeness (QED) is 0.434. The van der Waals surface area contributed by atoms with E-state index >= 15 is 0 Å². The molecule has 33 heavy (non-hydrogen) atoms. The SMILES string of the molecule is CCn1c(CN(c2ccc(F)cc2)S(C)(=O)=O)nnc1SCC(=O)Nc1ccc(F)cc1Cl. The van der Waals surface area contributed by atoms with E-state index < -0.39 is 21.7 Å². The zero-order valence-electron chi connectivity index (χ0n) is 17.6. The Balaban J connectivity index is 1.73. The normalized spacial score (nSPS) is 11.4. The second-order valence-corrected chi connectivity index (χ2v) is 10.1. The molecule has 176 valence electrons. The Morgan fingerprint density at radius 2 is 1.82 bits per heavy atom. The van der Waals surface area contributed by atoms with Crippen LogP contribution < -0.4 is 9.62 Å². The fourth-order valence-electron chi connectivity index (χ4n) is 2.90. The third-order valence-corrected chi connectivity index (χ3v) is 6.87. The van der Waals surface area contributed by atoms with Crippen molar-refractivity contribution in [3.05, 3.63) is 64.9 Å². The fraction of sp³-hybridized carbons (Fsp3) is 0.250. The van der Waals surface area contributed by atoms with Crippen molar-refractivity contribution in [3.63, 3.8) is 0 Å². The summed E-state index contributed by atoms with van der Waals surface area (Å²) in [5.41, 5.74) is 0.568. The van der Waals surface area contributed by atoms with Crippen molar-refractivity contribution in [1.82, 2.24) is 14.8 Å². The van der Waals surface area contributed by atoms with Crippen molar-refractivity contribution in [3.8, 4) is 0 Å². The van der Waals surface area contributed by atoms with E-state index in [1.165, 1.54) is 36.4 Å². The summed E-state index contributed by atoms with van der Waals surface area (Å²) in [6.45, 7) is 2.14. The number of nitrogens with zero attached hydrogens (tertiary/aromatic N) is 4. The number of benzene rings is 2. The molecule has 0 saturated carbocycles. The predicted octanol–water partition coefficient (Wildman–Crippen LogP) is 3.93. The molecular weight excluding hydrogens is 496 g/mol. The van der Waals surface area contributed by atoms with E-state index in [9.17, 15) is 22.0 Å². The van der Waals surface area contributed by atoms with Gasteiger partial charge in [0.15, 0.2) is 11.0 Å². The number of carbonyl (C=O) groups is 1. The van der Waals surface area contributed by atoms with Crippen LogP contribution in [0.15, 0.2) is 47.6 Å². The van der Waals surface area contributed by atoms with Gasteiger partial charge in [0.05, 0.1) is 35.0 Å². The van der Waals surface area contributed by atoms with Crippen molar-refractivity contribution in [2.45, 2.75) is 25.2 Å². The number of amides is 1. The Kier molecular flexibility index (Phi) is 7.92. The van der Waals surface area contributed by atoms with Crippen LogP contribution in [0.25, 0.3) is 0 Å². The molecule has 0 unspecified atom stereocenters. The van der Waals surface area contributed by atoms with Crippen LogP contribution in [0.2, 0.25) is 5.02 Å². The van der Waals surface area contributed by atoms with Gasteiger partial charge >= 0.3 is 0 Å². The molecule has 2 aromatic carbocycles. The van der Waals surface area contributed by atoms with E-state index in [4.69, 9.17) is 11.6 Å². The predicted molar refractivity (Wildman–Crippen MR) is 124 cm³/mol. The van der Waals surface area contributed by atoms with E-state index in [1.807, 2.05) is 6.92 Å². The highest BCUT2D eigenvalue weighted by Gasteiger charge is 2.22. The van der Waals surface area contributed by atoms with Gasteiger partial charge in [-0.1, -0.05) is 23.4 Å². The van der Waals surface area contributed by atoms with Crippen LogP contribution in [0, 0.1) is 11.6 Å². The molecule has 0 aliphatic rings. The topological polar surface area (TPSA) is 97.2 Å². The lowest BCUT2D eigenvalue weighted by Gasteiger charge is -2.22. The molecule has 3 aromatic rings. The summed E-state index contributed by atoms with van der Waals surface area (Å²) in [6, 6.07) is 8.72. The number of hydrogen-bond donors (Lipinski definition) is 1. The van der Waals surface area contributed by atoms with Crippen molar-refractivity contribution < 1.29 is 22.0 Å². The van der Waals surface area contributed by atoms with E-state index in [0.717, 1.165) is 28.4 Å². The summed E-state index contributed by atoms with van der Waals surface area (Å²) in [6.07, 6.45) is 1.05. The van der Waals surface area contributed by atoms with Crippen molar-refractivity contribution in [1.29, 1.82) is 0 Å². The molecule has 0 aliphatic heterocycles. The van der Waals surface area contributed by atoms with Gasteiger partial charge in [0.1, 0.15) is 11.6 Å². The van der Waals surface area contributed by atoms with E-state index in [0.29, 0.717) is 17.5 Å². The molecule has 1 heterocycles. The standard InChI is InChI=1S/C20H20ClF2N5O3S2/c1-3-27-18(11-28(33(2,30)31)15-7-4-13(22)5-8-15)25-26-20(27)32-12-19(29)24-17-9-6-14(23)10-16(17)21/h4-10H,3,11-12H2,1-2H3,(H,24,29). The molecule has 0 bridgehead atoms. The lowest BCUT2D eigenvalue weighted by molar-refractivity contribution is -0.113. The molecule has 0 saturated heterocycles. The first-order valence-corrected chi connectivity index (χ1v) is 12.8. The summed E-state index contributed by atoms with van der Waals surface area (Å²) in [4.78, 5) is 12.3. The number of halogens is 3. The van der Waals surface area contributed by atoms with Gasteiger partial charge in [-0.2, -0.15) is 0 Å². The second kappa shape index (κ2) is 10.5. The number of carbonyl (C=O) groups excluding carboxylic acids is 1. The van der Waals surface area contributed by atoms with Gasteiger partial charge in [0, 0.05) is 6.54 Å². The number of aromatic nitrogens is 3. The summed E-state index contributed by atoms with van der Waals surface area (Å²) in [5, 5.41) is 11.3. The summed E-state index contributed by atoms with van der Waals surface area (Å²) in [7, 11) is -3.69. The number of sulfonamides is 1. The van der Waals surface area contributed by atoms with Gasteiger partial charge in [-0.3, -0.25) is 9.10 Å². The van der Waals surface area contributed by atoms with Crippen LogP contribution in [0.1, 0.15) is 12.7 Å². The highest BCUT2D eigenvalue weighted by atomic mass is 35.5. The molecule has 3 rings (SSSR count). The molecular formula is C20H20ClF2N5O3S2. The van der Waals surface area contributed by atoms with Crippen LogP contribution in [0.4, 0.5) is 20.2 Å². The minimum atomic E-state index is -3.69. The second-order valence-electron chi connectivity index (χ2n) is 6.85. The summed E-state index contributed by atoms with van der Waals surface area (Å²) < 4.78 is 53.9. The van der Waals surface area contributed by atoms with Crippen molar-refractivity contribution >= 4 is 50.7 Å². The molecule has 8 nitrogen and oxygen atoms in total. The first-order valence-electron chi connectivity index (χ1n) is 9.61. The van der Waals surface area contributed by atoms with Gasteiger partial charge < -0.3 is 9.88 Å². The van der Waals surface area contributed by atoms with Crippen LogP contribution in [0.5, 0.6) is 0 Å². The van der Waals surface area contributed by atoms with Gasteiger partial charge in [-0.05, 0) is 49.4 Å². The minimum absolute atomic E-state index is 0.0282. The van der Waals surface area contributed by atoms with Gasteiger partial charge in [-0.25, -0.2) is 17.2 Å².